The molecule has 1 fully saturated rings. The number of nitrogens with two attached hydrogens (primary N) is 2. The number of hydrogen-bond acceptors (Lipinski definition) is 3. The summed E-state index contributed by atoms with van der Waals surface area (Å²) in [7, 11) is 0. The molecule has 0 aromatic heterocycles. The van der Waals surface area contributed by atoms with Crippen molar-refractivity contribution in [1.82, 2.24) is 0 Å². The maximum Gasteiger partial charge on any atom is 0.0772 e. The van der Waals surface area contributed by atoms with Crippen molar-refractivity contribution in [3.63, 3.8) is 0 Å². The van der Waals surface area contributed by atoms with Crippen molar-refractivity contribution in [3.05, 3.63) is 48.1 Å². The second-order valence-electron chi connectivity index (χ2n) is 3.88. The quantitative estimate of drug-likeness (QED) is 0.559. The van der Waals surface area contributed by atoms with Gasteiger partial charge in [-0.25, -0.2) is 0 Å². The molecule has 3 heteroatoms. The van der Waals surface area contributed by atoms with Crippen LogP contribution in [0.4, 0.5) is 11.4 Å². The van der Waals surface area contributed by atoms with Crippen LogP contribution < -0.4 is 11.5 Å². The molecule has 1 saturated heterocycles. The highest BCUT2D eigenvalue weighted by molar-refractivity contribution is 8.08. The van der Waals surface area contributed by atoms with Crippen LogP contribution in [0, 0.1) is 0 Å². The molecule has 1 aliphatic heterocycles. The zero-order valence-corrected chi connectivity index (χ0v) is 9.00. The van der Waals surface area contributed by atoms with E-state index < -0.39 is 0 Å². The monoisotopic (exact) mass is 216 g/mol. The second-order valence-corrected chi connectivity index (χ2v) is 5.30. The van der Waals surface area contributed by atoms with Crippen LogP contribution in [-0.2, 0) is 4.75 Å². The standard InChI is InChI=1S/C12H12N2S/c13-9-5-3-4-8(11(9)14)12-7-2-1-6-10(12)15-12/h1-7,10H,13-14H2. The predicted octanol–water partition coefficient (Wildman–Crippen LogP) is 2.29. The van der Waals surface area contributed by atoms with E-state index >= 15 is 0 Å². The highest BCUT2D eigenvalue weighted by atomic mass is 32.2. The van der Waals surface area contributed by atoms with E-state index in [0.29, 0.717) is 10.9 Å². The molecule has 2 aliphatic rings. The van der Waals surface area contributed by atoms with Crippen LogP contribution in [0.2, 0.25) is 0 Å². The van der Waals surface area contributed by atoms with E-state index in [1.54, 1.807) is 0 Å². The Bertz CT molecular complexity index is 479. The van der Waals surface area contributed by atoms with Gasteiger partial charge in [0.1, 0.15) is 0 Å². The SMILES string of the molecule is Nc1cccc(C23C=CC=CC2S3)c1N. The highest BCUT2D eigenvalue weighted by Gasteiger charge is 2.55. The van der Waals surface area contributed by atoms with Crippen LogP contribution in [-0.4, -0.2) is 5.25 Å². The lowest BCUT2D eigenvalue weighted by Gasteiger charge is -2.15. The van der Waals surface area contributed by atoms with Gasteiger partial charge in [-0.1, -0.05) is 36.4 Å². The number of fused-ring (bicyclic) bond motifs is 1. The number of para-hydroxylation sites is 1. The number of thioether (sulfide) groups is 1. The Balaban J connectivity index is 2.12. The summed E-state index contributed by atoms with van der Waals surface area (Å²) in [6.07, 6.45) is 8.60. The Morgan fingerprint density at radius 2 is 2.07 bits per heavy atom. The van der Waals surface area contributed by atoms with E-state index in [1.165, 1.54) is 0 Å². The van der Waals surface area contributed by atoms with Gasteiger partial charge in [-0.3, -0.25) is 0 Å². The van der Waals surface area contributed by atoms with Crippen molar-refractivity contribution in [2.45, 2.75) is 10.00 Å². The minimum atomic E-state index is 0.0637. The number of anilines is 2. The fourth-order valence-electron chi connectivity index (χ4n) is 2.09. The third kappa shape index (κ3) is 1.13. The molecule has 2 nitrogen and oxygen atoms in total. The van der Waals surface area contributed by atoms with Gasteiger partial charge in [0.25, 0.3) is 0 Å². The summed E-state index contributed by atoms with van der Waals surface area (Å²) in [5, 5.41) is 0.534. The first-order valence-electron chi connectivity index (χ1n) is 4.92. The third-order valence-corrected chi connectivity index (χ3v) is 4.52. The van der Waals surface area contributed by atoms with Gasteiger partial charge in [-0.05, 0) is 11.6 Å². The van der Waals surface area contributed by atoms with E-state index in [9.17, 15) is 0 Å². The molecule has 1 aliphatic carbocycles. The number of rotatable bonds is 1. The lowest BCUT2D eigenvalue weighted by molar-refractivity contribution is 0.908. The molecule has 0 saturated carbocycles. The number of hydrogen-bond donors (Lipinski definition) is 2. The Labute approximate surface area is 93.0 Å². The maximum absolute atomic E-state index is 6.03. The molecular weight excluding hydrogens is 204 g/mol. The summed E-state index contributed by atoms with van der Waals surface area (Å²) in [5.74, 6) is 0. The highest BCUT2D eigenvalue weighted by Crippen LogP contribution is 2.65. The van der Waals surface area contributed by atoms with E-state index in [0.717, 1.165) is 11.3 Å². The van der Waals surface area contributed by atoms with E-state index in [-0.39, 0.29) is 4.75 Å². The molecule has 0 amide bonds. The molecule has 1 heterocycles. The molecule has 15 heavy (non-hydrogen) atoms. The molecule has 76 valence electrons. The fourth-order valence-corrected chi connectivity index (χ4v) is 3.35. The molecule has 0 bridgehead atoms. The molecule has 0 spiro atoms. The molecular formula is C12H12N2S. The van der Waals surface area contributed by atoms with E-state index in [2.05, 4.69) is 30.4 Å². The molecule has 4 N–H and O–H groups in total. The predicted molar refractivity (Wildman–Crippen MR) is 66.6 cm³/mol. The summed E-state index contributed by atoms with van der Waals surface area (Å²) in [6, 6.07) is 5.89. The van der Waals surface area contributed by atoms with Crippen LogP contribution in [0.3, 0.4) is 0 Å². The largest absolute Gasteiger partial charge is 0.397 e. The van der Waals surface area contributed by atoms with Gasteiger partial charge in [0, 0.05) is 5.25 Å². The summed E-state index contributed by atoms with van der Waals surface area (Å²) in [5.41, 5.74) is 14.4. The molecule has 3 rings (SSSR count). The number of benzene rings is 1. The van der Waals surface area contributed by atoms with Crippen molar-refractivity contribution in [3.8, 4) is 0 Å². The van der Waals surface area contributed by atoms with Gasteiger partial charge in [0.15, 0.2) is 0 Å². The molecule has 2 atom stereocenters. The van der Waals surface area contributed by atoms with Gasteiger partial charge in [-0.15, -0.1) is 11.8 Å². The van der Waals surface area contributed by atoms with Crippen LogP contribution in [0.1, 0.15) is 5.56 Å². The Kier molecular flexibility index (Phi) is 1.68. The van der Waals surface area contributed by atoms with Crippen LogP contribution >= 0.6 is 11.8 Å². The van der Waals surface area contributed by atoms with Gasteiger partial charge in [0.05, 0.1) is 16.1 Å². The van der Waals surface area contributed by atoms with Crippen molar-refractivity contribution >= 4 is 23.1 Å². The Hall–Kier alpha value is -1.35. The molecule has 2 unspecified atom stereocenters. The molecule has 1 aromatic rings. The van der Waals surface area contributed by atoms with Crippen LogP contribution in [0.15, 0.2) is 42.5 Å². The number of nitrogen functional groups attached to an aromatic ring is 2. The first-order valence-corrected chi connectivity index (χ1v) is 5.80. The van der Waals surface area contributed by atoms with Crippen molar-refractivity contribution in [2.75, 3.05) is 11.5 Å². The van der Waals surface area contributed by atoms with Crippen molar-refractivity contribution in [2.24, 2.45) is 0 Å². The molecule has 1 aromatic carbocycles. The van der Waals surface area contributed by atoms with Gasteiger partial charge in [-0.2, -0.15) is 0 Å². The van der Waals surface area contributed by atoms with Crippen molar-refractivity contribution < 1.29 is 0 Å². The maximum atomic E-state index is 6.03. The lowest BCUT2D eigenvalue weighted by Crippen LogP contribution is -2.13. The zero-order valence-electron chi connectivity index (χ0n) is 8.18. The van der Waals surface area contributed by atoms with E-state index in [1.807, 2.05) is 23.9 Å². The summed E-state index contributed by atoms with van der Waals surface area (Å²) < 4.78 is 0.0637. The smallest absolute Gasteiger partial charge is 0.0772 e. The summed E-state index contributed by atoms with van der Waals surface area (Å²) in [6.45, 7) is 0. The molecule has 0 radical (unpaired) electrons. The zero-order chi connectivity index (χ0) is 10.5. The lowest BCUT2D eigenvalue weighted by atomic mass is 9.91. The topological polar surface area (TPSA) is 52.0 Å². The second kappa shape index (κ2) is 2.83. The minimum absolute atomic E-state index is 0.0637. The van der Waals surface area contributed by atoms with Gasteiger partial charge < -0.3 is 11.5 Å². The summed E-state index contributed by atoms with van der Waals surface area (Å²) in [4.78, 5) is 0. The van der Waals surface area contributed by atoms with Crippen LogP contribution in [0.25, 0.3) is 0 Å². The van der Waals surface area contributed by atoms with Crippen molar-refractivity contribution in [1.29, 1.82) is 0 Å². The van der Waals surface area contributed by atoms with Crippen LogP contribution in [0.5, 0.6) is 0 Å². The summed E-state index contributed by atoms with van der Waals surface area (Å²) >= 11 is 1.91. The normalized spacial score (nSPS) is 31.3. The van der Waals surface area contributed by atoms with Gasteiger partial charge >= 0.3 is 0 Å². The average Bonchev–Trinajstić information content (AvgIpc) is 2.97. The van der Waals surface area contributed by atoms with Gasteiger partial charge in [0.2, 0.25) is 0 Å². The van der Waals surface area contributed by atoms with E-state index in [4.69, 9.17) is 11.5 Å². The fraction of sp³-hybridized carbons (Fsp3) is 0.167. The Morgan fingerprint density at radius 3 is 2.87 bits per heavy atom. The Morgan fingerprint density at radius 1 is 1.20 bits per heavy atom. The minimum Gasteiger partial charge on any atom is -0.397 e. The first-order chi connectivity index (χ1) is 7.24. The first kappa shape index (κ1) is 8.92. The third-order valence-electron chi connectivity index (χ3n) is 2.99. The average molecular weight is 216 g/mol. The number of allylic oxidation sites excluding steroid dienone is 2.